The van der Waals surface area contributed by atoms with Gasteiger partial charge in [-0.25, -0.2) is 10.6 Å². The lowest BCUT2D eigenvalue weighted by atomic mass is 10.1. The number of nitrogens with two attached hydrogens (primary N) is 1. The van der Waals surface area contributed by atoms with E-state index in [4.69, 9.17) is 15.3 Å². The predicted octanol–water partition coefficient (Wildman–Crippen LogP) is 1.58. The molecule has 6 heteroatoms. The minimum Gasteiger partial charge on any atom is -0.442 e. The van der Waals surface area contributed by atoms with Gasteiger partial charge in [-0.1, -0.05) is 0 Å². The predicted molar refractivity (Wildman–Crippen MR) is 65.5 cm³/mol. The number of ether oxygens (including phenoxy) is 2. The van der Waals surface area contributed by atoms with Crippen molar-refractivity contribution < 1.29 is 19.1 Å². The highest BCUT2D eigenvalue weighted by Gasteiger charge is 2.27. The van der Waals surface area contributed by atoms with Crippen molar-refractivity contribution in [1.29, 1.82) is 0 Å². The normalized spacial score (nSPS) is 20.3. The molecule has 1 fully saturated rings. The van der Waals surface area contributed by atoms with E-state index in [9.17, 15) is 9.59 Å². The molecule has 2 amide bonds. The molecular weight excluding hydrogens is 236 g/mol. The van der Waals surface area contributed by atoms with Crippen molar-refractivity contribution in [3.05, 3.63) is 0 Å². The van der Waals surface area contributed by atoms with Crippen molar-refractivity contribution in [2.45, 2.75) is 58.2 Å². The average molecular weight is 258 g/mol. The number of hydrogen-bond acceptors (Lipinski definition) is 5. The number of amides is 2. The molecular formula is C12H22N2O4. The SMILES string of the molecule is CC(C)(C)OC(=O)N(N)C(=O)CC1CCCCO1. The molecule has 1 unspecified atom stereocenters. The molecule has 0 aliphatic carbocycles. The molecule has 0 radical (unpaired) electrons. The summed E-state index contributed by atoms with van der Waals surface area (Å²) in [6.45, 7) is 5.81. The van der Waals surface area contributed by atoms with Gasteiger partial charge in [-0.15, -0.1) is 0 Å². The lowest BCUT2D eigenvalue weighted by molar-refractivity contribution is -0.134. The molecule has 1 aliphatic rings. The third-order valence-electron chi connectivity index (χ3n) is 2.54. The van der Waals surface area contributed by atoms with Gasteiger partial charge in [-0.3, -0.25) is 4.79 Å². The molecule has 1 aliphatic heterocycles. The molecule has 1 heterocycles. The first kappa shape index (κ1) is 14.9. The fourth-order valence-corrected chi connectivity index (χ4v) is 1.67. The zero-order valence-corrected chi connectivity index (χ0v) is 11.3. The summed E-state index contributed by atoms with van der Waals surface area (Å²) in [5.41, 5.74) is -0.670. The second-order valence-electron chi connectivity index (χ2n) is 5.44. The molecule has 1 atom stereocenters. The van der Waals surface area contributed by atoms with Crippen molar-refractivity contribution in [1.82, 2.24) is 5.01 Å². The third kappa shape index (κ3) is 5.01. The summed E-state index contributed by atoms with van der Waals surface area (Å²) >= 11 is 0. The first-order chi connectivity index (χ1) is 8.29. The third-order valence-corrected chi connectivity index (χ3v) is 2.54. The van der Waals surface area contributed by atoms with Crippen molar-refractivity contribution >= 4 is 12.0 Å². The lowest BCUT2D eigenvalue weighted by Gasteiger charge is -2.25. The monoisotopic (exact) mass is 258 g/mol. The van der Waals surface area contributed by atoms with E-state index in [1.54, 1.807) is 20.8 Å². The van der Waals surface area contributed by atoms with Gasteiger partial charge in [0.15, 0.2) is 0 Å². The molecule has 0 saturated carbocycles. The van der Waals surface area contributed by atoms with Gasteiger partial charge in [0, 0.05) is 6.61 Å². The number of nitrogens with zero attached hydrogens (tertiary/aromatic N) is 1. The van der Waals surface area contributed by atoms with Crippen molar-refractivity contribution in [3.63, 3.8) is 0 Å². The smallest absolute Gasteiger partial charge is 0.431 e. The van der Waals surface area contributed by atoms with Gasteiger partial charge < -0.3 is 9.47 Å². The Hall–Kier alpha value is -1.14. The standard InChI is InChI=1S/C12H22N2O4/c1-12(2,3)18-11(16)14(13)10(15)8-9-6-4-5-7-17-9/h9H,4-8,13H2,1-3H3. The Kier molecular flexibility index (Phi) is 5.10. The van der Waals surface area contributed by atoms with Crippen LogP contribution in [-0.4, -0.2) is 35.3 Å². The van der Waals surface area contributed by atoms with Gasteiger partial charge in [0.2, 0.25) is 5.91 Å². The molecule has 6 nitrogen and oxygen atoms in total. The minimum absolute atomic E-state index is 0.121. The first-order valence-corrected chi connectivity index (χ1v) is 6.22. The van der Waals surface area contributed by atoms with E-state index in [1.165, 1.54) is 0 Å². The maximum atomic E-state index is 11.8. The highest BCUT2D eigenvalue weighted by Crippen LogP contribution is 2.16. The van der Waals surface area contributed by atoms with Crippen LogP contribution in [0.5, 0.6) is 0 Å². The van der Waals surface area contributed by atoms with E-state index in [2.05, 4.69) is 0 Å². The molecule has 2 N–H and O–H groups in total. The molecule has 0 spiro atoms. The number of carbonyl (C=O) groups excluding carboxylic acids is 2. The molecule has 0 bridgehead atoms. The van der Waals surface area contributed by atoms with Gasteiger partial charge in [-0.2, -0.15) is 5.01 Å². The van der Waals surface area contributed by atoms with E-state index >= 15 is 0 Å². The van der Waals surface area contributed by atoms with E-state index in [0.29, 0.717) is 11.6 Å². The minimum atomic E-state index is -0.830. The summed E-state index contributed by atoms with van der Waals surface area (Å²) in [5, 5.41) is 0.531. The molecule has 104 valence electrons. The van der Waals surface area contributed by atoms with E-state index in [0.717, 1.165) is 19.3 Å². The molecule has 1 rings (SSSR count). The zero-order chi connectivity index (χ0) is 13.8. The molecule has 1 saturated heterocycles. The number of carbonyl (C=O) groups is 2. The Labute approximate surface area is 107 Å². The largest absolute Gasteiger partial charge is 0.442 e. The van der Waals surface area contributed by atoms with Crippen LogP contribution >= 0.6 is 0 Å². The summed E-state index contributed by atoms with van der Waals surface area (Å²) in [5.74, 6) is 4.96. The van der Waals surface area contributed by atoms with Crippen LogP contribution in [0.3, 0.4) is 0 Å². The quantitative estimate of drug-likeness (QED) is 0.462. The molecule has 0 aromatic heterocycles. The Morgan fingerprint density at radius 3 is 2.56 bits per heavy atom. The number of rotatable bonds is 2. The van der Waals surface area contributed by atoms with Crippen LogP contribution in [0.4, 0.5) is 4.79 Å². The van der Waals surface area contributed by atoms with Crippen LogP contribution in [0.25, 0.3) is 0 Å². The molecule has 0 aromatic carbocycles. The van der Waals surface area contributed by atoms with Crippen molar-refractivity contribution in [2.75, 3.05) is 6.61 Å². The van der Waals surface area contributed by atoms with E-state index in [1.807, 2.05) is 0 Å². The van der Waals surface area contributed by atoms with Gasteiger partial charge in [-0.05, 0) is 40.0 Å². The van der Waals surface area contributed by atoms with E-state index in [-0.39, 0.29) is 12.5 Å². The summed E-state index contributed by atoms with van der Waals surface area (Å²) < 4.78 is 10.4. The van der Waals surface area contributed by atoms with Crippen LogP contribution in [-0.2, 0) is 14.3 Å². The summed E-state index contributed by atoms with van der Waals surface area (Å²) in [4.78, 5) is 23.3. The Morgan fingerprint density at radius 1 is 1.39 bits per heavy atom. The van der Waals surface area contributed by atoms with Crippen LogP contribution in [0, 0.1) is 0 Å². The first-order valence-electron chi connectivity index (χ1n) is 6.22. The lowest BCUT2D eigenvalue weighted by Crippen LogP contribution is -2.46. The maximum absolute atomic E-state index is 11.8. The van der Waals surface area contributed by atoms with Crippen LogP contribution < -0.4 is 5.84 Å². The Morgan fingerprint density at radius 2 is 2.06 bits per heavy atom. The van der Waals surface area contributed by atoms with Gasteiger partial charge in [0.05, 0.1) is 12.5 Å². The van der Waals surface area contributed by atoms with Crippen LogP contribution in [0.1, 0.15) is 46.5 Å². The van der Waals surface area contributed by atoms with Crippen LogP contribution in [0.2, 0.25) is 0 Å². The summed E-state index contributed by atoms with van der Waals surface area (Å²) in [6.07, 6.45) is 2.03. The van der Waals surface area contributed by atoms with E-state index < -0.39 is 17.6 Å². The second kappa shape index (κ2) is 6.15. The molecule has 0 aromatic rings. The number of imide groups is 1. The topological polar surface area (TPSA) is 81.9 Å². The number of hydrazine groups is 1. The van der Waals surface area contributed by atoms with Gasteiger partial charge in [0.1, 0.15) is 5.60 Å². The average Bonchev–Trinajstić information content (AvgIpc) is 2.27. The highest BCUT2D eigenvalue weighted by molar-refractivity contribution is 5.91. The summed E-state index contributed by atoms with van der Waals surface area (Å²) in [6, 6.07) is 0. The fraction of sp³-hybridized carbons (Fsp3) is 0.833. The highest BCUT2D eigenvalue weighted by atomic mass is 16.6. The second-order valence-corrected chi connectivity index (χ2v) is 5.44. The van der Waals surface area contributed by atoms with Crippen molar-refractivity contribution in [2.24, 2.45) is 5.84 Å². The summed E-state index contributed by atoms with van der Waals surface area (Å²) in [7, 11) is 0. The molecule has 18 heavy (non-hydrogen) atoms. The Balaban J connectivity index is 2.42. The zero-order valence-electron chi connectivity index (χ0n) is 11.3. The Bertz CT molecular complexity index is 306. The van der Waals surface area contributed by atoms with Crippen LogP contribution in [0.15, 0.2) is 0 Å². The van der Waals surface area contributed by atoms with Gasteiger partial charge >= 0.3 is 6.09 Å². The van der Waals surface area contributed by atoms with Crippen molar-refractivity contribution in [3.8, 4) is 0 Å². The van der Waals surface area contributed by atoms with Gasteiger partial charge in [0.25, 0.3) is 0 Å². The fourth-order valence-electron chi connectivity index (χ4n) is 1.67. The number of hydrogen-bond donors (Lipinski definition) is 1. The maximum Gasteiger partial charge on any atom is 0.431 e.